The first kappa shape index (κ1) is 13.5. The summed E-state index contributed by atoms with van der Waals surface area (Å²) in [5, 5.41) is 9.20. The van der Waals surface area contributed by atoms with E-state index in [9.17, 15) is 5.21 Å². The van der Waals surface area contributed by atoms with Gasteiger partial charge in [0.1, 0.15) is 0 Å². The van der Waals surface area contributed by atoms with Gasteiger partial charge in [0.15, 0.2) is 6.29 Å². The first-order valence-electron chi connectivity index (χ1n) is 6.32. The Bertz CT molecular complexity index is 361. The Hall–Kier alpha value is -0.940. The molecule has 1 atom stereocenters. The van der Waals surface area contributed by atoms with Gasteiger partial charge in [-0.2, -0.15) is 0 Å². The second kappa shape index (κ2) is 5.80. The molecule has 1 heterocycles. The van der Waals surface area contributed by atoms with Crippen molar-refractivity contribution in [3.8, 4) is 0 Å². The van der Waals surface area contributed by atoms with E-state index in [1.807, 2.05) is 32.0 Å². The Morgan fingerprint density at radius 2 is 1.89 bits per heavy atom. The van der Waals surface area contributed by atoms with E-state index in [0.717, 1.165) is 6.42 Å². The van der Waals surface area contributed by atoms with Crippen molar-refractivity contribution < 1.29 is 14.7 Å². The molecule has 0 spiro atoms. The highest BCUT2D eigenvalue weighted by atomic mass is 16.7. The van der Waals surface area contributed by atoms with E-state index < -0.39 is 0 Å². The Kier molecular flexibility index (Phi) is 4.35. The molecule has 0 amide bonds. The second-order valence-corrected chi connectivity index (χ2v) is 5.33. The first-order valence-corrected chi connectivity index (χ1v) is 6.32. The minimum Gasteiger partial charge on any atom is -0.350 e. The van der Waals surface area contributed by atoms with E-state index in [1.54, 1.807) is 0 Å². The van der Waals surface area contributed by atoms with Crippen LogP contribution in [0.2, 0.25) is 0 Å². The number of rotatable bonds is 5. The zero-order chi connectivity index (χ0) is 13.0. The maximum atomic E-state index is 9.20. The zero-order valence-electron chi connectivity index (χ0n) is 10.9. The van der Waals surface area contributed by atoms with E-state index in [2.05, 4.69) is 17.6 Å². The van der Waals surface area contributed by atoms with Gasteiger partial charge in [-0.15, -0.1) is 0 Å². The van der Waals surface area contributed by atoms with Crippen molar-refractivity contribution in [1.82, 2.24) is 5.48 Å². The van der Waals surface area contributed by atoms with Crippen molar-refractivity contribution in [2.24, 2.45) is 0 Å². The normalized spacial score (nSPS) is 19.1. The van der Waals surface area contributed by atoms with Gasteiger partial charge in [0.25, 0.3) is 0 Å². The van der Waals surface area contributed by atoms with Crippen LogP contribution in [-0.4, -0.2) is 30.2 Å². The van der Waals surface area contributed by atoms with Crippen molar-refractivity contribution in [2.75, 3.05) is 13.2 Å². The molecule has 0 radical (unpaired) electrons. The van der Waals surface area contributed by atoms with Crippen LogP contribution in [0.3, 0.4) is 0 Å². The van der Waals surface area contributed by atoms with Crippen LogP contribution in [0.4, 0.5) is 0 Å². The molecule has 0 saturated carbocycles. The smallest absolute Gasteiger partial charge is 0.164 e. The topological polar surface area (TPSA) is 50.7 Å². The molecular formula is C14H21NO3. The molecule has 1 aliphatic heterocycles. The summed E-state index contributed by atoms with van der Waals surface area (Å²) in [6.07, 6.45) is 0.512. The second-order valence-electron chi connectivity index (χ2n) is 5.33. The van der Waals surface area contributed by atoms with Crippen molar-refractivity contribution in [2.45, 2.75) is 38.0 Å². The lowest BCUT2D eigenvalue weighted by Crippen LogP contribution is -2.40. The number of ether oxygens (including phenoxy) is 2. The molecule has 2 N–H and O–H groups in total. The Morgan fingerprint density at radius 1 is 1.28 bits per heavy atom. The number of hydrogen-bond acceptors (Lipinski definition) is 4. The molecule has 2 rings (SSSR count). The van der Waals surface area contributed by atoms with Gasteiger partial charge in [-0.05, 0) is 25.8 Å². The summed E-state index contributed by atoms with van der Waals surface area (Å²) in [6.45, 7) is 5.19. The van der Waals surface area contributed by atoms with Gasteiger partial charge in [0.05, 0.1) is 13.2 Å². The van der Waals surface area contributed by atoms with Crippen molar-refractivity contribution in [3.05, 3.63) is 35.9 Å². The van der Waals surface area contributed by atoms with Crippen molar-refractivity contribution >= 4 is 0 Å². The van der Waals surface area contributed by atoms with E-state index in [1.165, 1.54) is 5.56 Å². The largest absolute Gasteiger partial charge is 0.350 e. The van der Waals surface area contributed by atoms with Gasteiger partial charge in [0.2, 0.25) is 0 Å². The standard InChI is InChI=1S/C14H21NO3/c1-14(2,15-16)10-12(13-17-8-9-18-13)11-6-4-3-5-7-11/h3-7,12-13,15-16H,8-10H2,1-2H3. The van der Waals surface area contributed by atoms with E-state index in [0.29, 0.717) is 13.2 Å². The fraction of sp³-hybridized carbons (Fsp3) is 0.571. The minimum absolute atomic E-state index is 0.114. The predicted molar refractivity (Wildman–Crippen MR) is 68.5 cm³/mol. The van der Waals surface area contributed by atoms with Gasteiger partial charge >= 0.3 is 0 Å². The van der Waals surface area contributed by atoms with Crippen LogP contribution in [-0.2, 0) is 9.47 Å². The highest BCUT2D eigenvalue weighted by molar-refractivity contribution is 5.21. The molecule has 1 unspecified atom stereocenters. The molecule has 0 bridgehead atoms. The molecule has 1 aliphatic rings. The highest BCUT2D eigenvalue weighted by Crippen LogP contribution is 2.32. The van der Waals surface area contributed by atoms with Gasteiger partial charge in [-0.1, -0.05) is 30.3 Å². The lowest BCUT2D eigenvalue weighted by Gasteiger charge is -2.31. The van der Waals surface area contributed by atoms with E-state index >= 15 is 0 Å². The molecular weight excluding hydrogens is 230 g/mol. The van der Waals surface area contributed by atoms with Crippen LogP contribution in [0.15, 0.2) is 30.3 Å². The molecule has 0 aromatic heterocycles. The maximum Gasteiger partial charge on any atom is 0.164 e. The Labute approximate surface area is 108 Å². The van der Waals surface area contributed by atoms with Gasteiger partial charge in [-0.3, -0.25) is 0 Å². The van der Waals surface area contributed by atoms with Crippen LogP contribution < -0.4 is 5.48 Å². The summed E-state index contributed by atoms with van der Waals surface area (Å²) >= 11 is 0. The van der Waals surface area contributed by atoms with Gasteiger partial charge in [0, 0.05) is 11.5 Å². The summed E-state index contributed by atoms with van der Waals surface area (Å²) in [5.74, 6) is 0.114. The lowest BCUT2D eigenvalue weighted by atomic mass is 9.86. The predicted octanol–water partition coefficient (Wildman–Crippen LogP) is 2.29. The fourth-order valence-corrected chi connectivity index (χ4v) is 2.28. The molecule has 0 aliphatic carbocycles. The monoisotopic (exact) mass is 251 g/mol. The number of nitrogens with one attached hydrogen (secondary N) is 1. The van der Waals surface area contributed by atoms with Crippen LogP contribution in [0, 0.1) is 0 Å². The molecule has 100 valence electrons. The van der Waals surface area contributed by atoms with Crippen LogP contribution in [0.25, 0.3) is 0 Å². The zero-order valence-corrected chi connectivity index (χ0v) is 10.9. The third-order valence-corrected chi connectivity index (χ3v) is 3.24. The van der Waals surface area contributed by atoms with Crippen LogP contribution in [0.5, 0.6) is 0 Å². The van der Waals surface area contributed by atoms with E-state index in [4.69, 9.17) is 9.47 Å². The average Bonchev–Trinajstić information content (AvgIpc) is 2.91. The van der Waals surface area contributed by atoms with Crippen molar-refractivity contribution in [3.63, 3.8) is 0 Å². The summed E-state index contributed by atoms with van der Waals surface area (Å²) in [7, 11) is 0. The van der Waals surface area contributed by atoms with E-state index in [-0.39, 0.29) is 17.7 Å². The average molecular weight is 251 g/mol. The fourth-order valence-electron chi connectivity index (χ4n) is 2.28. The molecule has 4 heteroatoms. The third kappa shape index (κ3) is 3.29. The Morgan fingerprint density at radius 3 is 2.44 bits per heavy atom. The third-order valence-electron chi connectivity index (χ3n) is 3.24. The number of hydrogen-bond donors (Lipinski definition) is 2. The summed E-state index contributed by atoms with van der Waals surface area (Å²) in [4.78, 5) is 0. The van der Waals surface area contributed by atoms with Gasteiger partial charge in [-0.25, -0.2) is 5.48 Å². The van der Waals surface area contributed by atoms with Crippen LogP contribution >= 0.6 is 0 Å². The van der Waals surface area contributed by atoms with Gasteiger partial charge < -0.3 is 14.7 Å². The molecule has 4 nitrogen and oxygen atoms in total. The van der Waals surface area contributed by atoms with Crippen LogP contribution in [0.1, 0.15) is 31.7 Å². The first-order chi connectivity index (χ1) is 8.62. The molecule has 1 aromatic rings. The molecule has 1 saturated heterocycles. The molecule has 1 aromatic carbocycles. The SMILES string of the molecule is CC(C)(CC(c1ccccc1)C1OCCO1)NO. The number of benzene rings is 1. The highest BCUT2D eigenvalue weighted by Gasteiger charge is 2.33. The van der Waals surface area contributed by atoms with Crippen molar-refractivity contribution in [1.29, 1.82) is 0 Å². The Balaban J connectivity index is 2.17. The molecule has 18 heavy (non-hydrogen) atoms. The summed E-state index contributed by atoms with van der Waals surface area (Å²) < 4.78 is 11.3. The molecule has 1 fully saturated rings. The lowest BCUT2D eigenvalue weighted by molar-refractivity contribution is -0.0715. The minimum atomic E-state index is -0.379. The summed E-state index contributed by atoms with van der Waals surface area (Å²) in [6, 6.07) is 10.2. The maximum absolute atomic E-state index is 9.20. The quantitative estimate of drug-likeness (QED) is 0.788. The number of hydroxylamine groups is 1. The summed E-state index contributed by atoms with van der Waals surface area (Å²) in [5.41, 5.74) is 3.15.